The average Bonchev–Trinajstić information content (AvgIpc) is 3.58. The van der Waals surface area contributed by atoms with Crippen molar-refractivity contribution < 1.29 is 28.1 Å². The van der Waals surface area contributed by atoms with Gasteiger partial charge in [0.1, 0.15) is 28.5 Å². The summed E-state index contributed by atoms with van der Waals surface area (Å²) in [4.78, 5) is 17.8. The highest BCUT2D eigenvalue weighted by atomic mass is 19.1. The van der Waals surface area contributed by atoms with Crippen LogP contribution in [0.5, 0.6) is 17.2 Å². The van der Waals surface area contributed by atoms with Gasteiger partial charge < -0.3 is 18.9 Å². The number of aromatic nitrogens is 2. The molecule has 1 saturated heterocycles. The third kappa shape index (κ3) is 4.82. The molecule has 0 amide bonds. The van der Waals surface area contributed by atoms with Crippen LogP contribution in [0.25, 0.3) is 16.9 Å². The molecule has 7 nitrogen and oxygen atoms in total. The van der Waals surface area contributed by atoms with Gasteiger partial charge in [0.05, 0.1) is 45.5 Å². The third-order valence-corrected chi connectivity index (χ3v) is 6.94. The van der Waals surface area contributed by atoms with Gasteiger partial charge in [-0.3, -0.25) is 9.20 Å². The predicted octanol–water partition coefficient (Wildman–Crippen LogP) is 5.76. The number of ether oxygens (including phenoxy) is 4. The van der Waals surface area contributed by atoms with Crippen LogP contribution in [-0.4, -0.2) is 49.0 Å². The van der Waals surface area contributed by atoms with E-state index in [0.717, 1.165) is 47.5 Å². The molecule has 2 aromatic heterocycles. The van der Waals surface area contributed by atoms with Crippen LogP contribution in [-0.2, 0) is 4.74 Å². The molecule has 3 aromatic rings. The van der Waals surface area contributed by atoms with E-state index in [-0.39, 0.29) is 23.0 Å². The summed E-state index contributed by atoms with van der Waals surface area (Å²) in [5.74, 6) is 2.07. The van der Waals surface area contributed by atoms with Gasteiger partial charge in [0.15, 0.2) is 5.78 Å². The first-order valence-corrected chi connectivity index (χ1v) is 12.3. The first-order chi connectivity index (χ1) is 17.5. The summed E-state index contributed by atoms with van der Waals surface area (Å²) >= 11 is 0. The van der Waals surface area contributed by atoms with Gasteiger partial charge in [-0.1, -0.05) is 25.8 Å². The average molecular weight is 495 g/mol. The van der Waals surface area contributed by atoms with Gasteiger partial charge in [0.25, 0.3) is 6.36 Å². The fourth-order valence-electron chi connectivity index (χ4n) is 4.66. The second-order valence-electron chi connectivity index (χ2n) is 9.42. The first kappa shape index (κ1) is 24.3. The lowest BCUT2D eigenvalue weighted by molar-refractivity contribution is 0.00753. The molecule has 0 N–H and O–H groups in total. The van der Waals surface area contributed by atoms with Crippen molar-refractivity contribution in [2.45, 2.75) is 44.4 Å². The molecule has 8 heteroatoms. The normalized spacial score (nSPS) is 16.4. The molecule has 1 saturated carbocycles. The predicted molar refractivity (Wildman–Crippen MR) is 134 cm³/mol. The Morgan fingerprint density at radius 2 is 1.97 bits per heavy atom. The Hall–Kier alpha value is -3.39. The number of hydrogen-bond acceptors (Lipinski definition) is 6. The van der Waals surface area contributed by atoms with Crippen LogP contribution in [0.4, 0.5) is 4.39 Å². The highest BCUT2D eigenvalue weighted by Crippen LogP contribution is 2.40. The highest BCUT2D eigenvalue weighted by Gasteiger charge is 2.27. The van der Waals surface area contributed by atoms with Gasteiger partial charge in [-0.05, 0) is 36.6 Å². The Bertz CT molecular complexity index is 1280. The SMILES string of the molecule is C=CC(F)Oc1cc(-c2cnc3cc(C4COC4)c(OC)cn23)cc(OC)c1C(=O)CCCC1CC1. The number of carbonyl (C=O) groups is 1. The molecule has 0 spiro atoms. The molecule has 36 heavy (non-hydrogen) atoms. The summed E-state index contributed by atoms with van der Waals surface area (Å²) in [5.41, 5.74) is 3.43. The van der Waals surface area contributed by atoms with Gasteiger partial charge in [0.2, 0.25) is 0 Å². The third-order valence-electron chi connectivity index (χ3n) is 6.94. The number of ketones is 1. The second kappa shape index (κ2) is 10.3. The summed E-state index contributed by atoms with van der Waals surface area (Å²) in [5, 5.41) is 0. The standard InChI is InChI=1S/C28H31FN2O5/c1-4-26(29)36-24-11-18(10-23(33-2)28(24)22(32)7-5-6-17-8-9-17)21-13-30-27-12-20(19-15-35-16-19)25(34-3)14-31(21)27/h4,10-14,17,19,26H,1,5-9,15-16H2,2-3H3. The molecule has 0 bridgehead atoms. The van der Waals surface area contributed by atoms with Crippen molar-refractivity contribution in [1.29, 1.82) is 0 Å². The van der Waals surface area contributed by atoms with Crippen molar-refractivity contribution in [1.82, 2.24) is 9.38 Å². The fraction of sp³-hybridized carbons (Fsp3) is 0.429. The van der Waals surface area contributed by atoms with Gasteiger partial charge in [-0.25, -0.2) is 4.98 Å². The smallest absolute Gasteiger partial charge is 0.257 e. The minimum atomic E-state index is -1.77. The van der Waals surface area contributed by atoms with Crippen LogP contribution in [0.2, 0.25) is 0 Å². The fourth-order valence-corrected chi connectivity index (χ4v) is 4.66. The number of hydrogen-bond donors (Lipinski definition) is 0. The first-order valence-electron chi connectivity index (χ1n) is 12.3. The zero-order chi connectivity index (χ0) is 25.2. The Kier molecular flexibility index (Phi) is 6.96. The van der Waals surface area contributed by atoms with Crippen LogP contribution in [0, 0.1) is 5.92 Å². The van der Waals surface area contributed by atoms with E-state index in [1.165, 1.54) is 20.0 Å². The number of halogens is 1. The van der Waals surface area contributed by atoms with Gasteiger partial charge >= 0.3 is 0 Å². The maximum absolute atomic E-state index is 14.3. The Morgan fingerprint density at radius 1 is 1.22 bits per heavy atom. The summed E-state index contributed by atoms with van der Waals surface area (Å²) < 4.78 is 38.3. The van der Waals surface area contributed by atoms with Crippen LogP contribution in [0.15, 0.2) is 43.2 Å². The van der Waals surface area contributed by atoms with Crippen molar-refractivity contribution in [3.05, 3.63) is 54.4 Å². The summed E-state index contributed by atoms with van der Waals surface area (Å²) in [6.45, 7) is 4.77. The number of alkyl halides is 1. The summed E-state index contributed by atoms with van der Waals surface area (Å²) in [6.07, 6.45) is 7.54. The molecule has 1 aromatic carbocycles. The second-order valence-corrected chi connectivity index (χ2v) is 9.42. The minimum Gasteiger partial charge on any atom is -0.496 e. The van der Waals surface area contributed by atoms with E-state index >= 15 is 0 Å². The Balaban J connectivity index is 1.55. The number of pyridine rings is 1. The lowest BCUT2D eigenvalue weighted by Gasteiger charge is -2.27. The molecule has 5 rings (SSSR count). The maximum Gasteiger partial charge on any atom is 0.257 e. The number of nitrogens with zero attached hydrogens (tertiary/aromatic N) is 2. The quantitative estimate of drug-likeness (QED) is 0.236. The van der Waals surface area contributed by atoms with Gasteiger partial charge in [0, 0.05) is 23.5 Å². The summed E-state index contributed by atoms with van der Waals surface area (Å²) in [7, 11) is 3.13. The van der Waals surface area contributed by atoms with Gasteiger partial charge in [-0.2, -0.15) is 4.39 Å². The number of Topliss-reactive ketones (excluding diaryl/α,β-unsaturated/α-hetero) is 1. The van der Waals surface area contributed by atoms with Crippen LogP contribution in [0.3, 0.4) is 0 Å². The number of methoxy groups -OCH3 is 2. The van der Waals surface area contributed by atoms with E-state index in [0.29, 0.717) is 30.9 Å². The van der Waals surface area contributed by atoms with Crippen LogP contribution >= 0.6 is 0 Å². The van der Waals surface area contributed by atoms with Crippen molar-refractivity contribution in [2.24, 2.45) is 5.92 Å². The molecular formula is C28H31FN2O5. The molecular weight excluding hydrogens is 463 g/mol. The van der Waals surface area contributed by atoms with E-state index in [1.54, 1.807) is 25.4 Å². The molecule has 3 heterocycles. The molecule has 0 radical (unpaired) electrons. The van der Waals surface area contributed by atoms with Crippen molar-refractivity contribution >= 4 is 11.4 Å². The monoisotopic (exact) mass is 494 g/mol. The van der Waals surface area contributed by atoms with E-state index < -0.39 is 6.36 Å². The van der Waals surface area contributed by atoms with Crippen molar-refractivity contribution in [2.75, 3.05) is 27.4 Å². The maximum atomic E-state index is 14.3. The summed E-state index contributed by atoms with van der Waals surface area (Å²) in [6, 6.07) is 5.43. The molecule has 1 aliphatic carbocycles. The van der Waals surface area contributed by atoms with E-state index in [1.807, 2.05) is 16.7 Å². The zero-order valence-corrected chi connectivity index (χ0v) is 20.7. The molecule has 190 valence electrons. The molecule has 1 unspecified atom stereocenters. The van der Waals surface area contributed by atoms with E-state index in [9.17, 15) is 9.18 Å². The number of benzene rings is 1. The van der Waals surface area contributed by atoms with Crippen molar-refractivity contribution in [3.8, 4) is 28.5 Å². The van der Waals surface area contributed by atoms with Crippen LogP contribution < -0.4 is 14.2 Å². The number of imidazole rings is 1. The largest absolute Gasteiger partial charge is 0.496 e. The molecule has 2 aliphatic rings. The van der Waals surface area contributed by atoms with Crippen molar-refractivity contribution in [3.63, 3.8) is 0 Å². The van der Waals surface area contributed by atoms with Gasteiger partial charge in [-0.15, -0.1) is 0 Å². The minimum absolute atomic E-state index is 0.123. The number of rotatable bonds is 12. The molecule has 1 aliphatic heterocycles. The Labute approximate surface area is 209 Å². The molecule has 1 atom stereocenters. The number of carbonyl (C=O) groups excluding carboxylic acids is 1. The lowest BCUT2D eigenvalue weighted by atomic mass is 9.97. The number of fused-ring (bicyclic) bond motifs is 1. The lowest BCUT2D eigenvalue weighted by Crippen LogP contribution is -2.25. The molecule has 2 fully saturated rings. The highest BCUT2D eigenvalue weighted by molar-refractivity contribution is 6.02. The van der Waals surface area contributed by atoms with E-state index in [2.05, 4.69) is 11.6 Å². The van der Waals surface area contributed by atoms with Crippen LogP contribution in [0.1, 0.15) is 53.9 Å². The van der Waals surface area contributed by atoms with E-state index in [4.69, 9.17) is 18.9 Å². The Morgan fingerprint density at radius 3 is 2.61 bits per heavy atom. The topological polar surface area (TPSA) is 71.3 Å². The zero-order valence-electron chi connectivity index (χ0n) is 20.7.